The van der Waals surface area contributed by atoms with E-state index >= 15 is 0 Å². The number of carbonyl (C=O) groups excluding carboxylic acids is 1. The largest absolute Gasteiger partial charge is 0.352 e. The molecule has 0 fully saturated rings. The third-order valence-corrected chi connectivity index (χ3v) is 3.61. The van der Waals surface area contributed by atoms with Crippen LogP contribution in [0.25, 0.3) is 0 Å². The topological polar surface area (TPSA) is 33.2 Å². The Kier molecular flexibility index (Phi) is 3.03. The molecule has 0 saturated carbocycles. The van der Waals surface area contributed by atoms with Crippen LogP contribution in [0.1, 0.15) is 28.4 Å². The minimum Gasteiger partial charge on any atom is -0.352 e. The molecule has 2 aromatic rings. The van der Waals surface area contributed by atoms with Crippen LogP contribution in [0.2, 0.25) is 0 Å². The Morgan fingerprint density at radius 3 is 2.79 bits per heavy atom. The van der Waals surface area contributed by atoms with E-state index in [9.17, 15) is 4.79 Å². The Bertz CT molecular complexity index is 622. The number of nitrogens with zero attached hydrogens (tertiary/aromatic N) is 2. The van der Waals surface area contributed by atoms with Crippen LogP contribution in [0.3, 0.4) is 0 Å². The molecule has 1 aliphatic rings. The molecule has 0 saturated heterocycles. The number of hydrogen-bond donors (Lipinski definition) is 0. The second kappa shape index (κ2) is 4.84. The molecule has 2 heterocycles. The van der Waals surface area contributed by atoms with Crippen LogP contribution >= 0.6 is 0 Å². The van der Waals surface area contributed by atoms with Crippen molar-refractivity contribution in [2.45, 2.75) is 19.9 Å². The number of rotatable bonds is 2. The van der Waals surface area contributed by atoms with E-state index in [1.54, 1.807) is 19.2 Å². The van der Waals surface area contributed by atoms with E-state index in [0.717, 1.165) is 30.9 Å². The molecular formula is C16H16N2O. The van der Waals surface area contributed by atoms with Crippen LogP contribution in [0.15, 0.2) is 42.6 Å². The van der Waals surface area contributed by atoms with Gasteiger partial charge in [-0.1, -0.05) is 24.3 Å². The van der Waals surface area contributed by atoms with Crippen LogP contribution in [0.5, 0.6) is 0 Å². The first kappa shape index (κ1) is 11.9. The van der Waals surface area contributed by atoms with Crippen molar-refractivity contribution in [3.63, 3.8) is 0 Å². The Hall–Kier alpha value is -2.16. The van der Waals surface area contributed by atoms with Crippen molar-refractivity contribution in [1.82, 2.24) is 4.98 Å². The van der Waals surface area contributed by atoms with Gasteiger partial charge in [-0.25, -0.2) is 4.98 Å². The predicted octanol–water partition coefficient (Wildman–Crippen LogP) is 2.85. The molecule has 3 rings (SSSR count). The molecular weight excluding hydrogens is 236 g/mol. The SMILES string of the molecule is CC(=O)c1ccnc(N2CCc3ccccc3C2)c1. The van der Waals surface area contributed by atoms with Gasteiger partial charge in [-0.3, -0.25) is 4.79 Å². The van der Waals surface area contributed by atoms with Crippen molar-refractivity contribution < 1.29 is 4.79 Å². The molecule has 1 aromatic heterocycles. The molecule has 0 unspecified atom stereocenters. The predicted molar refractivity (Wildman–Crippen MR) is 75.4 cm³/mol. The minimum atomic E-state index is 0.0843. The molecule has 0 bridgehead atoms. The van der Waals surface area contributed by atoms with Gasteiger partial charge in [0.25, 0.3) is 0 Å². The van der Waals surface area contributed by atoms with E-state index in [-0.39, 0.29) is 5.78 Å². The number of hydrogen-bond acceptors (Lipinski definition) is 3. The second-order valence-electron chi connectivity index (χ2n) is 4.90. The average molecular weight is 252 g/mol. The van der Waals surface area contributed by atoms with Gasteiger partial charge in [0.15, 0.2) is 5.78 Å². The van der Waals surface area contributed by atoms with E-state index in [0.29, 0.717) is 0 Å². The highest BCUT2D eigenvalue weighted by molar-refractivity contribution is 5.94. The summed E-state index contributed by atoms with van der Waals surface area (Å²) < 4.78 is 0. The van der Waals surface area contributed by atoms with Gasteiger partial charge in [-0.2, -0.15) is 0 Å². The van der Waals surface area contributed by atoms with Crippen LogP contribution in [0.4, 0.5) is 5.82 Å². The van der Waals surface area contributed by atoms with E-state index in [2.05, 4.69) is 34.1 Å². The lowest BCUT2D eigenvalue weighted by molar-refractivity contribution is 0.101. The van der Waals surface area contributed by atoms with Gasteiger partial charge in [0.05, 0.1) is 0 Å². The quantitative estimate of drug-likeness (QED) is 0.771. The van der Waals surface area contributed by atoms with E-state index in [4.69, 9.17) is 0 Å². The molecule has 0 aliphatic carbocycles. The van der Waals surface area contributed by atoms with Crippen molar-refractivity contribution >= 4 is 11.6 Å². The summed E-state index contributed by atoms with van der Waals surface area (Å²) in [6.45, 7) is 3.40. The van der Waals surface area contributed by atoms with Crippen molar-refractivity contribution in [3.8, 4) is 0 Å². The number of benzene rings is 1. The first-order chi connectivity index (χ1) is 9.24. The standard InChI is InChI=1S/C16H16N2O/c1-12(19)14-6-8-17-16(10-14)18-9-7-13-4-2-3-5-15(13)11-18/h2-6,8,10H,7,9,11H2,1H3. The molecule has 3 heteroatoms. The Morgan fingerprint density at radius 1 is 1.21 bits per heavy atom. The summed E-state index contributed by atoms with van der Waals surface area (Å²) in [5.41, 5.74) is 3.49. The van der Waals surface area contributed by atoms with Crippen LogP contribution in [-0.4, -0.2) is 17.3 Å². The molecule has 0 N–H and O–H groups in total. The summed E-state index contributed by atoms with van der Waals surface area (Å²) >= 11 is 0. The minimum absolute atomic E-state index is 0.0843. The lowest BCUT2D eigenvalue weighted by Crippen LogP contribution is -2.31. The first-order valence-electron chi connectivity index (χ1n) is 6.53. The molecule has 1 aromatic carbocycles. The molecule has 0 amide bonds. The van der Waals surface area contributed by atoms with Gasteiger partial charge < -0.3 is 4.90 Å². The molecule has 0 radical (unpaired) electrons. The average Bonchev–Trinajstić information content (AvgIpc) is 2.47. The summed E-state index contributed by atoms with van der Waals surface area (Å²) in [6, 6.07) is 12.2. The number of pyridine rings is 1. The zero-order chi connectivity index (χ0) is 13.2. The van der Waals surface area contributed by atoms with Crippen LogP contribution < -0.4 is 4.90 Å². The fraction of sp³-hybridized carbons (Fsp3) is 0.250. The van der Waals surface area contributed by atoms with Gasteiger partial charge in [0.2, 0.25) is 0 Å². The highest BCUT2D eigenvalue weighted by atomic mass is 16.1. The van der Waals surface area contributed by atoms with Crippen molar-refractivity contribution in [2.75, 3.05) is 11.4 Å². The van der Waals surface area contributed by atoms with E-state index < -0.39 is 0 Å². The van der Waals surface area contributed by atoms with Crippen molar-refractivity contribution in [3.05, 3.63) is 59.3 Å². The van der Waals surface area contributed by atoms with Gasteiger partial charge in [-0.15, -0.1) is 0 Å². The Labute approximate surface area is 112 Å². The summed E-state index contributed by atoms with van der Waals surface area (Å²) in [7, 11) is 0. The third kappa shape index (κ3) is 2.36. The molecule has 1 aliphatic heterocycles. The van der Waals surface area contributed by atoms with E-state index in [1.165, 1.54) is 11.1 Å². The highest BCUT2D eigenvalue weighted by Crippen LogP contribution is 2.23. The van der Waals surface area contributed by atoms with Crippen molar-refractivity contribution in [2.24, 2.45) is 0 Å². The molecule has 0 atom stereocenters. The second-order valence-corrected chi connectivity index (χ2v) is 4.90. The fourth-order valence-corrected chi connectivity index (χ4v) is 2.50. The number of ketones is 1. The Balaban J connectivity index is 1.89. The first-order valence-corrected chi connectivity index (χ1v) is 6.53. The molecule has 3 nitrogen and oxygen atoms in total. The number of carbonyl (C=O) groups is 1. The van der Waals surface area contributed by atoms with E-state index in [1.807, 2.05) is 6.07 Å². The van der Waals surface area contributed by atoms with Crippen LogP contribution in [0, 0.1) is 0 Å². The van der Waals surface area contributed by atoms with Gasteiger partial charge in [0, 0.05) is 24.8 Å². The third-order valence-electron chi connectivity index (χ3n) is 3.61. The highest BCUT2D eigenvalue weighted by Gasteiger charge is 2.17. The number of aromatic nitrogens is 1. The van der Waals surface area contributed by atoms with Crippen molar-refractivity contribution in [1.29, 1.82) is 0 Å². The summed E-state index contributed by atoms with van der Waals surface area (Å²) in [4.78, 5) is 18.1. The lowest BCUT2D eigenvalue weighted by Gasteiger charge is -2.29. The zero-order valence-electron chi connectivity index (χ0n) is 11.0. The fourth-order valence-electron chi connectivity index (χ4n) is 2.50. The monoisotopic (exact) mass is 252 g/mol. The maximum absolute atomic E-state index is 11.4. The van der Waals surface area contributed by atoms with Gasteiger partial charge in [-0.05, 0) is 36.6 Å². The summed E-state index contributed by atoms with van der Waals surface area (Å²) in [5.74, 6) is 0.975. The lowest BCUT2D eigenvalue weighted by atomic mass is 10.00. The zero-order valence-corrected chi connectivity index (χ0v) is 11.0. The maximum Gasteiger partial charge on any atom is 0.159 e. The van der Waals surface area contributed by atoms with Gasteiger partial charge >= 0.3 is 0 Å². The molecule has 0 spiro atoms. The molecule has 19 heavy (non-hydrogen) atoms. The van der Waals surface area contributed by atoms with Crippen LogP contribution in [-0.2, 0) is 13.0 Å². The number of anilines is 1. The number of fused-ring (bicyclic) bond motifs is 1. The normalized spacial score (nSPS) is 14.1. The maximum atomic E-state index is 11.4. The smallest absolute Gasteiger partial charge is 0.159 e. The van der Waals surface area contributed by atoms with Gasteiger partial charge in [0.1, 0.15) is 5.82 Å². The molecule has 96 valence electrons. The number of Topliss-reactive ketones (excluding diaryl/α,β-unsaturated/α-hetero) is 1. The summed E-state index contributed by atoms with van der Waals surface area (Å²) in [5, 5.41) is 0. The Morgan fingerprint density at radius 2 is 2.00 bits per heavy atom. The summed E-state index contributed by atoms with van der Waals surface area (Å²) in [6.07, 6.45) is 2.74.